The number of carbonyl (C=O) groups is 2. The highest BCUT2D eigenvalue weighted by Crippen LogP contribution is 2.30. The van der Waals surface area contributed by atoms with Crippen molar-refractivity contribution in [3.05, 3.63) is 53.6 Å². The van der Waals surface area contributed by atoms with E-state index in [1.807, 2.05) is 38.1 Å². The second-order valence-corrected chi connectivity index (χ2v) is 5.88. The lowest BCUT2D eigenvalue weighted by Crippen LogP contribution is -2.46. The number of nitrogens with one attached hydrogen (secondary N) is 2. The van der Waals surface area contributed by atoms with Crippen molar-refractivity contribution in [2.45, 2.75) is 20.0 Å². The number of carbonyl (C=O) groups excluding carboxylic acids is 2. The molecule has 1 atom stereocenters. The van der Waals surface area contributed by atoms with Crippen LogP contribution in [0.4, 0.5) is 5.69 Å². The van der Waals surface area contributed by atoms with E-state index in [1.165, 1.54) is 0 Å². The summed E-state index contributed by atoms with van der Waals surface area (Å²) in [6.45, 7) is 3.90. The first-order chi connectivity index (χ1) is 12.0. The molecule has 0 radical (unpaired) electrons. The van der Waals surface area contributed by atoms with Gasteiger partial charge in [0.05, 0.1) is 6.54 Å². The Morgan fingerprint density at radius 1 is 1.08 bits per heavy atom. The van der Waals surface area contributed by atoms with Gasteiger partial charge in [0.2, 0.25) is 12.0 Å². The number of ether oxygens (including phenoxy) is 2. The molecule has 1 heterocycles. The maximum Gasteiger partial charge on any atom is 0.265 e. The summed E-state index contributed by atoms with van der Waals surface area (Å²) in [4.78, 5) is 24.3. The lowest BCUT2D eigenvalue weighted by atomic mass is 10.1. The minimum absolute atomic E-state index is 0.113. The van der Waals surface area contributed by atoms with Gasteiger partial charge in [-0.25, -0.2) is 0 Å². The van der Waals surface area contributed by atoms with Crippen molar-refractivity contribution in [1.29, 1.82) is 0 Å². The average molecular weight is 340 g/mol. The van der Waals surface area contributed by atoms with Crippen LogP contribution in [0.15, 0.2) is 42.5 Å². The lowest BCUT2D eigenvalue weighted by Gasteiger charge is -2.25. The third-order valence-corrected chi connectivity index (χ3v) is 4.10. The van der Waals surface area contributed by atoms with Gasteiger partial charge in [-0.05, 0) is 43.2 Å². The minimum Gasteiger partial charge on any atom is -0.485 e. The summed E-state index contributed by atoms with van der Waals surface area (Å²) in [6.07, 6.45) is -0.775. The van der Waals surface area contributed by atoms with Crippen molar-refractivity contribution in [2.75, 3.05) is 18.5 Å². The van der Waals surface area contributed by atoms with E-state index in [0.29, 0.717) is 11.5 Å². The monoisotopic (exact) mass is 340 g/mol. The van der Waals surface area contributed by atoms with Crippen molar-refractivity contribution >= 4 is 17.5 Å². The van der Waals surface area contributed by atoms with Gasteiger partial charge in [0.25, 0.3) is 5.91 Å². The fourth-order valence-corrected chi connectivity index (χ4v) is 2.51. The summed E-state index contributed by atoms with van der Waals surface area (Å²) in [5.41, 5.74) is 2.83. The van der Waals surface area contributed by atoms with Gasteiger partial charge in [-0.15, -0.1) is 0 Å². The number of rotatable bonds is 4. The van der Waals surface area contributed by atoms with Crippen molar-refractivity contribution in [3.63, 3.8) is 0 Å². The first kappa shape index (κ1) is 16.8. The number of aryl methyl sites for hydroxylation is 1. The molecule has 0 bridgehead atoms. The Labute approximate surface area is 146 Å². The van der Waals surface area contributed by atoms with E-state index < -0.39 is 6.10 Å². The Bertz CT molecular complexity index is 804. The van der Waals surface area contributed by atoms with E-state index >= 15 is 0 Å². The molecule has 6 heteroatoms. The number of hydrogen-bond donors (Lipinski definition) is 2. The Morgan fingerprint density at radius 2 is 1.84 bits per heavy atom. The van der Waals surface area contributed by atoms with Crippen LogP contribution in [0.3, 0.4) is 0 Å². The van der Waals surface area contributed by atoms with E-state index in [0.717, 1.165) is 16.8 Å². The van der Waals surface area contributed by atoms with Gasteiger partial charge in [-0.2, -0.15) is 0 Å². The highest BCUT2D eigenvalue weighted by molar-refractivity contribution is 5.95. The maximum absolute atomic E-state index is 12.2. The first-order valence-electron chi connectivity index (χ1n) is 8.07. The largest absolute Gasteiger partial charge is 0.485 e. The molecule has 25 heavy (non-hydrogen) atoms. The van der Waals surface area contributed by atoms with E-state index in [-0.39, 0.29) is 25.0 Å². The standard InChI is InChI=1S/C19H20N2O4/c1-12-6-5-7-14(13(12)2)21-18(22)10-20-19(23)17-11-24-15-8-3-4-9-16(15)25-17/h3-9,17H,10-11H2,1-2H3,(H,20,23)(H,21,22)/t17-/m1/s1. The first-order valence-corrected chi connectivity index (χ1v) is 8.07. The van der Waals surface area contributed by atoms with Crippen LogP contribution in [-0.2, 0) is 9.59 Å². The zero-order chi connectivity index (χ0) is 17.8. The van der Waals surface area contributed by atoms with Crippen LogP contribution >= 0.6 is 0 Å². The van der Waals surface area contributed by atoms with Crippen LogP contribution < -0.4 is 20.1 Å². The van der Waals surface area contributed by atoms with Gasteiger partial charge in [0.15, 0.2) is 11.5 Å². The van der Waals surface area contributed by atoms with Crippen molar-refractivity contribution in [2.24, 2.45) is 0 Å². The van der Waals surface area contributed by atoms with Gasteiger partial charge in [0, 0.05) is 5.69 Å². The Morgan fingerprint density at radius 3 is 2.64 bits per heavy atom. The number of fused-ring (bicyclic) bond motifs is 1. The summed E-state index contributed by atoms with van der Waals surface area (Å²) >= 11 is 0. The van der Waals surface area contributed by atoms with Crippen LogP contribution in [0.1, 0.15) is 11.1 Å². The third-order valence-electron chi connectivity index (χ3n) is 4.10. The normalized spacial score (nSPS) is 15.4. The van der Waals surface area contributed by atoms with Crippen LogP contribution in [0, 0.1) is 13.8 Å². The fraction of sp³-hybridized carbons (Fsp3) is 0.263. The molecule has 2 amide bonds. The second-order valence-electron chi connectivity index (χ2n) is 5.88. The zero-order valence-corrected chi connectivity index (χ0v) is 14.2. The number of benzene rings is 2. The van der Waals surface area contributed by atoms with Crippen LogP contribution in [0.25, 0.3) is 0 Å². The smallest absolute Gasteiger partial charge is 0.265 e. The van der Waals surface area contributed by atoms with Crippen molar-refractivity contribution < 1.29 is 19.1 Å². The molecule has 1 aliphatic heterocycles. The molecule has 2 aromatic carbocycles. The quantitative estimate of drug-likeness (QED) is 0.895. The molecule has 0 saturated carbocycles. The van der Waals surface area contributed by atoms with Gasteiger partial charge >= 0.3 is 0 Å². The third kappa shape index (κ3) is 3.91. The molecule has 130 valence electrons. The average Bonchev–Trinajstić information content (AvgIpc) is 2.63. The molecule has 0 fully saturated rings. The van der Waals surface area contributed by atoms with Crippen molar-refractivity contribution in [3.8, 4) is 11.5 Å². The maximum atomic E-state index is 12.2. The van der Waals surface area contributed by atoms with E-state index in [1.54, 1.807) is 18.2 Å². The number of anilines is 1. The molecule has 0 saturated heterocycles. The Balaban J connectivity index is 1.52. The molecule has 0 aromatic heterocycles. The summed E-state index contributed by atoms with van der Waals surface area (Å²) in [6, 6.07) is 12.8. The minimum atomic E-state index is -0.775. The molecule has 6 nitrogen and oxygen atoms in total. The molecular weight excluding hydrogens is 320 g/mol. The summed E-state index contributed by atoms with van der Waals surface area (Å²) in [5.74, 6) is 0.456. The number of para-hydroxylation sites is 2. The SMILES string of the molecule is Cc1cccc(NC(=O)CNC(=O)[C@H]2COc3ccccc3O2)c1C. The number of hydrogen-bond acceptors (Lipinski definition) is 4. The van der Waals surface area contributed by atoms with Gasteiger partial charge < -0.3 is 20.1 Å². The van der Waals surface area contributed by atoms with Gasteiger partial charge in [-0.1, -0.05) is 24.3 Å². The molecule has 1 aliphatic rings. The molecule has 0 aliphatic carbocycles. The predicted molar refractivity (Wildman–Crippen MR) is 93.9 cm³/mol. The second kappa shape index (κ2) is 7.25. The topological polar surface area (TPSA) is 76.7 Å². The van der Waals surface area contributed by atoms with Crippen molar-refractivity contribution in [1.82, 2.24) is 5.32 Å². The number of amides is 2. The van der Waals surface area contributed by atoms with E-state index in [9.17, 15) is 9.59 Å². The van der Waals surface area contributed by atoms with Crippen LogP contribution in [0.5, 0.6) is 11.5 Å². The van der Waals surface area contributed by atoms with Gasteiger partial charge in [-0.3, -0.25) is 9.59 Å². The summed E-state index contributed by atoms with van der Waals surface area (Å²) in [5, 5.41) is 5.38. The Hall–Kier alpha value is -3.02. The molecule has 2 aromatic rings. The van der Waals surface area contributed by atoms with Crippen LogP contribution in [0.2, 0.25) is 0 Å². The fourth-order valence-electron chi connectivity index (χ4n) is 2.51. The van der Waals surface area contributed by atoms with E-state index in [2.05, 4.69) is 10.6 Å². The molecule has 3 rings (SSSR count). The highest BCUT2D eigenvalue weighted by Gasteiger charge is 2.27. The summed E-state index contributed by atoms with van der Waals surface area (Å²) < 4.78 is 11.1. The highest BCUT2D eigenvalue weighted by atomic mass is 16.6. The predicted octanol–water partition coefficient (Wildman–Crippen LogP) is 2.20. The van der Waals surface area contributed by atoms with Gasteiger partial charge in [0.1, 0.15) is 6.61 Å². The zero-order valence-electron chi connectivity index (χ0n) is 14.2. The summed E-state index contributed by atoms with van der Waals surface area (Å²) in [7, 11) is 0. The molecule has 2 N–H and O–H groups in total. The lowest BCUT2D eigenvalue weighted by molar-refractivity contribution is -0.131. The molecule has 0 unspecified atom stereocenters. The van der Waals surface area contributed by atoms with E-state index in [4.69, 9.17) is 9.47 Å². The molecular formula is C19H20N2O4. The molecule has 0 spiro atoms. The Kier molecular flexibility index (Phi) is 4.88. The van der Waals surface area contributed by atoms with Crippen LogP contribution in [-0.4, -0.2) is 31.1 Å².